The van der Waals surface area contributed by atoms with Crippen molar-refractivity contribution >= 4 is 33.1 Å². The molecule has 3 heterocycles. The molecule has 6 nitrogen and oxygen atoms in total. The van der Waals surface area contributed by atoms with Crippen LogP contribution in [0.1, 0.15) is 75.6 Å². The lowest BCUT2D eigenvalue weighted by atomic mass is 9.97. The van der Waals surface area contributed by atoms with Gasteiger partial charge < -0.3 is 0 Å². The molecule has 0 aliphatic rings. The minimum atomic E-state index is 0.853. The van der Waals surface area contributed by atoms with E-state index < -0.39 is 0 Å². The summed E-state index contributed by atoms with van der Waals surface area (Å²) in [6.45, 7) is 9.04. The summed E-state index contributed by atoms with van der Waals surface area (Å²) in [4.78, 5) is 21.2. The van der Waals surface area contributed by atoms with E-state index in [0.717, 1.165) is 163 Å². The number of para-hydroxylation sites is 4. The zero-order valence-electron chi connectivity index (χ0n) is 44.0. The van der Waals surface area contributed by atoms with Crippen LogP contribution in [0.25, 0.3) is 112 Å². The van der Waals surface area contributed by atoms with Crippen LogP contribution < -0.4 is 0 Å². The highest BCUT2D eigenvalue weighted by molar-refractivity contribution is 5.89. The molecule has 0 N–H and O–H groups in total. The van der Waals surface area contributed by atoms with Crippen LogP contribution in [0, 0.1) is 0 Å². The van der Waals surface area contributed by atoms with Crippen molar-refractivity contribution in [1.82, 2.24) is 29.1 Å². The van der Waals surface area contributed by atoms with Crippen LogP contribution in [0.15, 0.2) is 206 Å². The molecule has 3 aromatic heterocycles. The zero-order valence-corrected chi connectivity index (χ0v) is 44.0. The van der Waals surface area contributed by atoms with Crippen molar-refractivity contribution in [3.8, 4) is 78.9 Å². The fourth-order valence-corrected chi connectivity index (χ4v) is 11.2. The second kappa shape index (κ2) is 21.2. The van der Waals surface area contributed by atoms with E-state index in [2.05, 4.69) is 219 Å². The highest BCUT2D eigenvalue weighted by Gasteiger charge is 2.20. The van der Waals surface area contributed by atoms with Gasteiger partial charge in [0.15, 0.2) is 0 Å². The van der Waals surface area contributed by atoms with E-state index in [9.17, 15) is 0 Å². The molecule has 76 heavy (non-hydrogen) atoms. The van der Waals surface area contributed by atoms with Crippen LogP contribution in [-0.2, 0) is 25.7 Å². The van der Waals surface area contributed by atoms with Crippen LogP contribution in [0.3, 0.4) is 0 Å². The summed E-state index contributed by atoms with van der Waals surface area (Å²) in [5.74, 6) is 1.90. The molecule has 0 saturated heterocycles. The van der Waals surface area contributed by atoms with Crippen molar-refractivity contribution < 1.29 is 0 Å². The van der Waals surface area contributed by atoms with Gasteiger partial charge in [0.05, 0.1) is 44.5 Å². The minimum absolute atomic E-state index is 0.853. The molecule has 0 saturated carbocycles. The first kappa shape index (κ1) is 48.2. The van der Waals surface area contributed by atoms with Gasteiger partial charge in [-0.05, 0) is 131 Å². The first-order valence-electron chi connectivity index (χ1n) is 27.4. The number of hydrogen-bond donors (Lipinski definition) is 0. The number of benzene rings is 9. The number of nitrogens with zero attached hydrogens (tertiary/aromatic N) is 6. The maximum atomic E-state index is 5.32. The third-order valence-corrected chi connectivity index (χ3v) is 14.9. The Morgan fingerprint density at radius 3 is 0.895 bits per heavy atom. The van der Waals surface area contributed by atoms with E-state index in [1.54, 1.807) is 0 Å². The van der Waals surface area contributed by atoms with Crippen molar-refractivity contribution in [2.75, 3.05) is 0 Å². The lowest BCUT2D eigenvalue weighted by molar-refractivity contribution is 0.863. The quantitative estimate of drug-likeness (QED) is 0.0968. The Labute approximate surface area is 446 Å². The molecule has 372 valence electrons. The molecule has 0 aliphatic carbocycles. The number of imidazole rings is 2. The molecule has 0 amide bonds. The molecule has 0 aliphatic heterocycles. The van der Waals surface area contributed by atoms with E-state index in [0.29, 0.717) is 0 Å². The summed E-state index contributed by atoms with van der Waals surface area (Å²) in [5.41, 5.74) is 24.5. The van der Waals surface area contributed by atoms with E-state index in [1.807, 2.05) is 24.3 Å². The fraction of sp³-hybridized carbons (Fsp3) is 0.171. The van der Waals surface area contributed by atoms with Gasteiger partial charge in [0.1, 0.15) is 11.6 Å². The van der Waals surface area contributed by atoms with Gasteiger partial charge in [0.2, 0.25) is 0 Å². The van der Waals surface area contributed by atoms with Crippen molar-refractivity contribution in [2.45, 2.75) is 79.1 Å². The molecule has 0 fully saturated rings. The van der Waals surface area contributed by atoms with Gasteiger partial charge in [-0.2, -0.15) is 0 Å². The van der Waals surface area contributed by atoms with Gasteiger partial charge in [0.25, 0.3) is 0 Å². The van der Waals surface area contributed by atoms with Gasteiger partial charge in [-0.1, -0.05) is 199 Å². The maximum absolute atomic E-state index is 5.32. The average molecular weight is 987 g/mol. The summed E-state index contributed by atoms with van der Waals surface area (Å²) >= 11 is 0. The van der Waals surface area contributed by atoms with Crippen LogP contribution in [-0.4, -0.2) is 29.1 Å². The summed E-state index contributed by atoms with van der Waals surface area (Å²) in [6, 6.07) is 74.1. The molecular weight excluding hydrogens is 925 g/mol. The van der Waals surface area contributed by atoms with Gasteiger partial charge >= 0.3 is 0 Å². The Hall–Kier alpha value is -8.74. The monoisotopic (exact) mass is 987 g/mol. The minimum Gasteiger partial charge on any atom is -0.292 e. The van der Waals surface area contributed by atoms with Crippen LogP contribution >= 0.6 is 0 Å². The second-order valence-electron chi connectivity index (χ2n) is 20.2. The summed E-state index contributed by atoms with van der Waals surface area (Å²) in [6.07, 6.45) is 8.71. The molecule has 9 aromatic carbocycles. The lowest BCUT2D eigenvalue weighted by Gasteiger charge is -2.13. The summed E-state index contributed by atoms with van der Waals surface area (Å²) < 4.78 is 4.66. The number of aromatic nitrogens is 6. The third-order valence-electron chi connectivity index (χ3n) is 14.9. The standard InChI is InChI=1S/C70H62N6/c1-5-17-55-43-63-65(45-57(55)19-7-3)75(59-21-11-9-12-22-59)69(73-63)53-39-31-49(32-40-53)47-27-35-51(36-28-47)67-68(72-62-26-16-15-25-61(62)71-67)52-37-29-48(30-38-52)50-33-41-54(42-34-50)70-74-64-44-56(18-6-2)58(20-8-4)46-66(64)76(70)60-23-13-10-14-24-60/h9-16,21-46H,5-8,17-20H2,1-4H3. The van der Waals surface area contributed by atoms with Crippen molar-refractivity contribution in [3.05, 3.63) is 229 Å². The second-order valence-corrected chi connectivity index (χ2v) is 20.2. The Morgan fingerprint density at radius 1 is 0.276 bits per heavy atom. The average Bonchev–Trinajstić information content (AvgIpc) is 4.10. The van der Waals surface area contributed by atoms with E-state index in [4.69, 9.17) is 19.9 Å². The number of rotatable bonds is 16. The van der Waals surface area contributed by atoms with Crippen LogP contribution in [0.2, 0.25) is 0 Å². The number of aryl methyl sites for hydroxylation is 4. The van der Waals surface area contributed by atoms with E-state index in [-0.39, 0.29) is 0 Å². The normalized spacial score (nSPS) is 11.6. The number of fused-ring (bicyclic) bond motifs is 3. The molecule has 12 rings (SSSR count). The molecule has 0 spiro atoms. The smallest absolute Gasteiger partial charge is 0.145 e. The molecule has 6 heteroatoms. The van der Waals surface area contributed by atoms with Crippen LogP contribution in [0.5, 0.6) is 0 Å². The third kappa shape index (κ3) is 9.30. The predicted molar refractivity (Wildman–Crippen MR) is 317 cm³/mol. The molecule has 0 bridgehead atoms. The zero-order chi connectivity index (χ0) is 51.5. The van der Waals surface area contributed by atoms with Crippen molar-refractivity contribution in [3.63, 3.8) is 0 Å². The molecule has 0 atom stereocenters. The summed E-state index contributed by atoms with van der Waals surface area (Å²) in [5, 5.41) is 0. The Balaban J connectivity index is 0.837. The van der Waals surface area contributed by atoms with Gasteiger partial charge in [-0.15, -0.1) is 0 Å². The van der Waals surface area contributed by atoms with Gasteiger partial charge in [-0.3, -0.25) is 9.13 Å². The van der Waals surface area contributed by atoms with Gasteiger partial charge in [-0.25, -0.2) is 19.9 Å². The highest BCUT2D eigenvalue weighted by atomic mass is 15.1. The lowest BCUT2D eigenvalue weighted by Crippen LogP contribution is -1.99. The molecule has 12 aromatic rings. The Kier molecular flexibility index (Phi) is 13.5. The Morgan fingerprint density at radius 2 is 0.566 bits per heavy atom. The Bertz CT molecular complexity index is 3720. The van der Waals surface area contributed by atoms with Crippen molar-refractivity contribution in [2.24, 2.45) is 0 Å². The molecule has 0 unspecified atom stereocenters. The van der Waals surface area contributed by atoms with Gasteiger partial charge in [0, 0.05) is 33.6 Å². The first-order chi connectivity index (χ1) is 37.5. The maximum Gasteiger partial charge on any atom is 0.145 e. The van der Waals surface area contributed by atoms with E-state index >= 15 is 0 Å². The molecule has 0 radical (unpaired) electrons. The van der Waals surface area contributed by atoms with E-state index in [1.165, 1.54) is 22.3 Å². The van der Waals surface area contributed by atoms with Crippen LogP contribution in [0.4, 0.5) is 0 Å². The predicted octanol–water partition coefficient (Wildman–Crippen LogP) is 18.1. The summed E-state index contributed by atoms with van der Waals surface area (Å²) in [7, 11) is 0. The first-order valence-corrected chi connectivity index (χ1v) is 27.4. The van der Waals surface area contributed by atoms with Crippen molar-refractivity contribution in [1.29, 1.82) is 0 Å². The SMILES string of the molecule is CCCc1cc2nc(-c3ccc(-c4ccc(-c5nc6ccccc6nc5-c5ccc(-c6ccc(-c7nc8cc(CCC)c(CCC)cc8n7-c7ccccc7)cc6)cc5)cc4)cc3)n(-c3ccccc3)c2cc1CCC. The largest absolute Gasteiger partial charge is 0.292 e. The number of hydrogen-bond acceptors (Lipinski definition) is 4. The fourth-order valence-electron chi connectivity index (χ4n) is 11.2. The molecular formula is C70H62N6. The topological polar surface area (TPSA) is 61.4 Å². The highest BCUT2D eigenvalue weighted by Crippen LogP contribution is 2.38.